The summed E-state index contributed by atoms with van der Waals surface area (Å²) in [6, 6.07) is 16.1. The summed E-state index contributed by atoms with van der Waals surface area (Å²) in [7, 11) is 0. The maximum atomic E-state index is 14.1. The van der Waals surface area contributed by atoms with E-state index in [9.17, 15) is 9.18 Å². The van der Waals surface area contributed by atoms with Crippen LogP contribution in [0.15, 0.2) is 60.8 Å². The molecule has 0 aliphatic carbocycles. The topological polar surface area (TPSA) is 53.7 Å². The highest BCUT2D eigenvalue weighted by molar-refractivity contribution is 6.33. The molecule has 1 fully saturated rings. The highest BCUT2D eigenvalue weighted by atomic mass is 35.5. The lowest BCUT2D eigenvalue weighted by molar-refractivity contribution is 0.0744. The van der Waals surface area contributed by atoms with Gasteiger partial charge in [-0.15, -0.1) is 0 Å². The number of anilines is 1. The fourth-order valence-electron chi connectivity index (χ4n) is 4.09. The molecule has 5 rings (SSSR count). The summed E-state index contributed by atoms with van der Waals surface area (Å²) in [6.45, 7) is 4.02. The van der Waals surface area contributed by atoms with Crippen LogP contribution in [0, 0.1) is 12.7 Å². The predicted molar refractivity (Wildman–Crippen MR) is 123 cm³/mol. The van der Waals surface area contributed by atoms with Crippen LogP contribution < -0.4 is 4.90 Å². The molecule has 2 aromatic heterocycles. The van der Waals surface area contributed by atoms with Crippen molar-refractivity contribution in [2.75, 3.05) is 31.1 Å². The Morgan fingerprint density at radius 3 is 2.50 bits per heavy atom. The van der Waals surface area contributed by atoms with E-state index >= 15 is 0 Å². The van der Waals surface area contributed by atoms with Crippen molar-refractivity contribution >= 4 is 28.8 Å². The van der Waals surface area contributed by atoms with Gasteiger partial charge >= 0.3 is 0 Å². The molecule has 0 atom stereocenters. The number of carbonyl (C=O) groups is 1. The highest BCUT2D eigenvalue weighted by Crippen LogP contribution is 2.28. The summed E-state index contributed by atoms with van der Waals surface area (Å²) < 4.78 is 15.8. The summed E-state index contributed by atoms with van der Waals surface area (Å²) in [5, 5.41) is 5.25. The van der Waals surface area contributed by atoms with Gasteiger partial charge < -0.3 is 9.80 Å². The molecule has 162 valence electrons. The number of benzene rings is 2. The minimum Gasteiger partial charge on any atom is -0.366 e. The van der Waals surface area contributed by atoms with Crippen LogP contribution in [0.25, 0.3) is 16.9 Å². The molecular weight excluding hydrogens is 429 g/mol. The van der Waals surface area contributed by atoms with Crippen molar-refractivity contribution < 1.29 is 9.18 Å². The molecule has 1 aliphatic rings. The minimum absolute atomic E-state index is 0.0973. The van der Waals surface area contributed by atoms with Crippen LogP contribution in [0.1, 0.15) is 16.1 Å². The zero-order valence-electron chi connectivity index (χ0n) is 17.5. The third-order valence-electron chi connectivity index (χ3n) is 5.86. The van der Waals surface area contributed by atoms with Crippen molar-refractivity contribution in [2.45, 2.75) is 6.92 Å². The molecule has 0 unspecified atom stereocenters. The van der Waals surface area contributed by atoms with Crippen LogP contribution in [-0.2, 0) is 0 Å². The first kappa shape index (κ1) is 20.5. The summed E-state index contributed by atoms with van der Waals surface area (Å²) in [4.78, 5) is 21.4. The average molecular weight is 450 g/mol. The molecule has 6 nitrogen and oxygen atoms in total. The molecule has 0 bridgehead atoms. The normalized spacial score (nSPS) is 14.2. The maximum absolute atomic E-state index is 14.1. The molecular formula is C24H21ClFN5O. The molecule has 2 aromatic carbocycles. The van der Waals surface area contributed by atoms with Crippen LogP contribution in [0.2, 0.25) is 5.02 Å². The molecule has 0 N–H and O–H groups in total. The van der Waals surface area contributed by atoms with Crippen molar-refractivity contribution in [2.24, 2.45) is 0 Å². The second kappa shape index (κ2) is 8.24. The molecule has 0 saturated carbocycles. The Kier molecular flexibility index (Phi) is 5.27. The molecule has 1 amide bonds. The fourth-order valence-corrected chi connectivity index (χ4v) is 4.32. The van der Waals surface area contributed by atoms with Crippen LogP contribution >= 0.6 is 11.6 Å². The number of carbonyl (C=O) groups excluding carboxylic acids is 1. The van der Waals surface area contributed by atoms with Gasteiger partial charge in [0.15, 0.2) is 5.65 Å². The van der Waals surface area contributed by atoms with E-state index in [1.807, 2.05) is 48.2 Å². The summed E-state index contributed by atoms with van der Waals surface area (Å²) in [6.07, 6.45) is 1.61. The van der Waals surface area contributed by atoms with Crippen LogP contribution in [0.3, 0.4) is 0 Å². The molecule has 4 aromatic rings. The average Bonchev–Trinajstić information content (AvgIpc) is 3.25. The summed E-state index contributed by atoms with van der Waals surface area (Å²) in [5.41, 5.74) is 3.96. The van der Waals surface area contributed by atoms with E-state index in [1.54, 1.807) is 27.7 Å². The number of hydrogen-bond acceptors (Lipinski definition) is 4. The minimum atomic E-state index is -0.245. The molecule has 1 saturated heterocycles. The van der Waals surface area contributed by atoms with Crippen molar-refractivity contribution in [1.29, 1.82) is 0 Å². The lowest BCUT2D eigenvalue weighted by Crippen LogP contribution is -2.49. The van der Waals surface area contributed by atoms with Gasteiger partial charge in [0, 0.05) is 44.0 Å². The smallest absolute Gasteiger partial charge is 0.257 e. The third kappa shape index (κ3) is 3.58. The molecule has 32 heavy (non-hydrogen) atoms. The number of hydrogen-bond donors (Lipinski definition) is 0. The maximum Gasteiger partial charge on any atom is 0.257 e. The van der Waals surface area contributed by atoms with Crippen molar-refractivity contribution in [3.05, 3.63) is 82.9 Å². The van der Waals surface area contributed by atoms with Gasteiger partial charge in [0.1, 0.15) is 5.82 Å². The van der Waals surface area contributed by atoms with Crippen molar-refractivity contribution in [3.8, 4) is 11.3 Å². The Bertz CT molecular complexity index is 1310. The fraction of sp³-hybridized carbons (Fsp3) is 0.208. The largest absolute Gasteiger partial charge is 0.366 e. The molecule has 0 radical (unpaired) electrons. The Hall–Kier alpha value is -3.45. The molecule has 8 heteroatoms. The van der Waals surface area contributed by atoms with Gasteiger partial charge in [-0.05, 0) is 25.1 Å². The van der Waals surface area contributed by atoms with E-state index in [1.165, 1.54) is 6.07 Å². The van der Waals surface area contributed by atoms with Gasteiger partial charge in [-0.2, -0.15) is 5.10 Å². The first-order valence-corrected chi connectivity index (χ1v) is 10.8. The number of aryl methyl sites for hydroxylation is 1. The Balaban J connectivity index is 1.38. The lowest BCUT2D eigenvalue weighted by atomic mass is 10.1. The van der Waals surface area contributed by atoms with Gasteiger partial charge in [0.25, 0.3) is 5.91 Å². The highest BCUT2D eigenvalue weighted by Gasteiger charge is 2.26. The van der Waals surface area contributed by atoms with E-state index in [2.05, 4.69) is 10.1 Å². The number of rotatable bonds is 3. The van der Waals surface area contributed by atoms with E-state index in [4.69, 9.17) is 11.6 Å². The van der Waals surface area contributed by atoms with E-state index in [-0.39, 0.29) is 11.7 Å². The molecule has 3 heterocycles. The van der Waals surface area contributed by atoms with Gasteiger partial charge in [0.05, 0.1) is 27.7 Å². The third-order valence-corrected chi connectivity index (χ3v) is 6.19. The van der Waals surface area contributed by atoms with Crippen LogP contribution in [0.5, 0.6) is 0 Å². The number of para-hydroxylation sites is 1. The second-order valence-electron chi connectivity index (χ2n) is 7.77. The summed E-state index contributed by atoms with van der Waals surface area (Å²) in [5.74, 6) is -0.342. The van der Waals surface area contributed by atoms with Crippen LogP contribution in [0.4, 0.5) is 10.1 Å². The predicted octanol–water partition coefficient (Wildman–Crippen LogP) is 4.46. The number of halogens is 2. The standard InChI is InChI=1S/C24H21ClFN5O/c1-16-18(15-27-23-14-21(28-31(16)23)17-6-2-3-7-19(17)25)24(32)30-12-10-29(11-13-30)22-9-5-4-8-20(22)26/h2-9,14-15H,10-13H2,1H3. The Labute approximate surface area is 189 Å². The zero-order valence-corrected chi connectivity index (χ0v) is 18.3. The number of aromatic nitrogens is 3. The number of nitrogens with zero attached hydrogens (tertiary/aromatic N) is 5. The number of amides is 1. The lowest BCUT2D eigenvalue weighted by Gasteiger charge is -2.36. The quantitative estimate of drug-likeness (QED) is 0.463. The number of fused-ring (bicyclic) bond motifs is 1. The molecule has 0 spiro atoms. The van der Waals surface area contributed by atoms with Gasteiger partial charge in [0.2, 0.25) is 0 Å². The molecule has 1 aliphatic heterocycles. The zero-order chi connectivity index (χ0) is 22.2. The second-order valence-corrected chi connectivity index (χ2v) is 8.17. The first-order chi connectivity index (χ1) is 15.5. The van der Waals surface area contributed by atoms with Gasteiger partial charge in [-0.1, -0.05) is 41.9 Å². The first-order valence-electron chi connectivity index (χ1n) is 10.4. The monoisotopic (exact) mass is 449 g/mol. The van der Waals surface area contributed by atoms with Crippen LogP contribution in [-0.4, -0.2) is 51.6 Å². The van der Waals surface area contributed by atoms with Crippen molar-refractivity contribution in [3.63, 3.8) is 0 Å². The Morgan fingerprint density at radius 1 is 1.03 bits per heavy atom. The van der Waals surface area contributed by atoms with Gasteiger partial charge in [-0.25, -0.2) is 13.9 Å². The van der Waals surface area contributed by atoms with E-state index < -0.39 is 0 Å². The number of piperazine rings is 1. The Morgan fingerprint density at radius 2 is 1.75 bits per heavy atom. The van der Waals surface area contributed by atoms with E-state index in [0.717, 1.165) is 11.3 Å². The summed E-state index contributed by atoms with van der Waals surface area (Å²) >= 11 is 6.32. The van der Waals surface area contributed by atoms with Gasteiger partial charge in [-0.3, -0.25) is 4.79 Å². The van der Waals surface area contributed by atoms with Crippen molar-refractivity contribution in [1.82, 2.24) is 19.5 Å². The van der Waals surface area contributed by atoms with E-state index in [0.29, 0.717) is 53.8 Å². The SMILES string of the molecule is Cc1c(C(=O)N2CCN(c3ccccc3F)CC2)cnc2cc(-c3ccccc3Cl)nn12.